The average Bonchev–Trinajstić information content (AvgIpc) is 2.77. The number of benzene rings is 1. The van der Waals surface area contributed by atoms with Crippen LogP contribution in [-0.2, 0) is 0 Å². The van der Waals surface area contributed by atoms with E-state index in [9.17, 15) is 0 Å². The van der Waals surface area contributed by atoms with Crippen LogP contribution >= 0.6 is 15.9 Å². The Hall–Kier alpha value is -1.71. The summed E-state index contributed by atoms with van der Waals surface area (Å²) < 4.78 is 2.61. The summed E-state index contributed by atoms with van der Waals surface area (Å²) in [6.07, 6.45) is 1.54. The molecule has 0 radical (unpaired) electrons. The van der Waals surface area contributed by atoms with Gasteiger partial charge in [-0.3, -0.25) is 0 Å². The lowest BCUT2D eigenvalue weighted by molar-refractivity contribution is 0.452. The number of halogens is 1. The summed E-state index contributed by atoms with van der Waals surface area (Å²) in [4.78, 5) is 3.91. The molecule has 2 unspecified atom stereocenters. The van der Waals surface area contributed by atoms with Crippen LogP contribution in [0.4, 0.5) is 0 Å². The third-order valence-electron chi connectivity index (χ3n) is 2.58. The first-order valence-corrected chi connectivity index (χ1v) is 6.23. The smallest absolute Gasteiger partial charge is 0.252 e. The van der Waals surface area contributed by atoms with Crippen LogP contribution in [0, 0.1) is 11.3 Å². The van der Waals surface area contributed by atoms with Crippen LogP contribution < -0.4 is 5.73 Å². The van der Waals surface area contributed by atoms with E-state index in [2.05, 4.69) is 26.0 Å². The molecule has 0 aliphatic rings. The molecular formula is C12H12BrN5. The SMILES string of the molecule is CC(N)C(c1cccc(Br)c1)n1cnc(C#N)n1. The first-order chi connectivity index (χ1) is 8.61. The van der Waals surface area contributed by atoms with Crippen LogP contribution in [0.3, 0.4) is 0 Å². The molecule has 0 bridgehead atoms. The van der Waals surface area contributed by atoms with Crippen molar-refractivity contribution >= 4 is 15.9 Å². The minimum atomic E-state index is -0.146. The normalized spacial score (nSPS) is 13.9. The van der Waals surface area contributed by atoms with E-state index in [0.29, 0.717) is 0 Å². The van der Waals surface area contributed by atoms with Crippen molar-refractivity contribution in [2.24, 2.45) is 5.73 Å². The van der Waals surface area contributed by atoms with Gasteiger partial charge in [0.25, 0.3) is 5.82 Å². The summed E-state index contributed by atoms with van der Waals surface area (Å²) in [5, 5.41) is 12.9. The molecule has 2 atom stereocenters. The number of hydrogen-bond donors (Lipinski definition) is 1. The van der Waals surface area contributed by atoms with Crippen molar-refractivity contribution in [1.82, 2.24) is 14.8 Å². The molecule has 2 rings (SSSR count). The summed E-state index contributed by atoms with van der Waals surface area (Å²) in [6, 6.07) is 9.48. The minimum absolute atomic E-state index is 0.142. The summed E-state index contributed by atoms with van der Waals surface area (Å²) in [7, 11) is 0. The van der Waals surface area contributed by atoms with Crippen LogP contribution in [0.25, 0.3) is 0 Å². The van der Waals surface area contributed by atoms with Crippen LogP contribution in [0.15, 0.2) is 35.1 Å². The molecule has 1 aromatic carbocycles. The fraction of sp³-hybridized carbons (Fsp3) is 0.250. The molecule has 18 heavy (non-hydrogen) atoms. The highest BCUT2D eigenvalue weighted by molar-refractivity contribution is 9.10. The topological polar surface area (TPSA) is 80.5 Å². The Morgan fingerprint density at radius 1 is 1.50 bits per heavy atom. The molecule has 0 aliphatic carbocycles. The van der Waals surface area contributed by atoms with Crippen molar-refractivity contribution < 1.29 is 0 Å². The van der Waals surface area contributed by atoms with Crippen LogP contribution in [0.2, 0.25) is 0 Å². The van der Waals surface area contributed by atoms with Gasteiger partial charge in [-0.1, -0.05) is 28.1 Å². The molecule has 92 valence electrons. The van der Waals surface area contributed by atoms with E-state index in [0.717, 1.165) is 10.0 Å². The van der Waals surface area contributed by atoms with Crippen molar-refractivity contribution in [1.29, 1.82) is 5.26 Å². The largest absolute Gasteiger partial charge is 0.326 e. The molecule has 0 spiro atoms. The van der Waals surface area contributed by atoms with Crippen molar-refractivity contribution in [2.45, 2.75) is 19.0 Å². The van der Waals surface area contributed by atoms with Crippen molar-refractivity contribution in [2.75, 3.05) is 0 Å². The molecule has 0 fully saturated rings. The Bertz CT molecular complexity index is 584. The van der Waals surface area contributed by atoms with Gasteiger partial charge in [-0.15, -0.1) is 5.10 Å². The second-order valence-electron chi connectivity index (χ2n) is 4.02. The molecule has 0 saturated carbocycles. The van der Waals surface area contributed by atoms with Gasteiger partial charge >= 0.3 is 0 Å². The molecule has 2 N–H and O–H groups in total. The number of nitriles is 1. The molecular weight excluding hydrogens is 294 g/mol. The fourth-order valence-corrected chi connectivity index (χ4v) is 2.26. The highest BCUT2D eigenvalue weighted by Crippen LogP contribution is 2.23. The summed E-state index contributed by atoms with van der Waals surface area (Å²) in [6.45, 7) is 1.90. The van der Waals surface area contributed by atoms with Gasteiger partial charge in [-0.05, 0) is 24.6 Å². The second kappa shape index (κ2) is 5.29. The lowest BCUT2D eigenvalue weighted by Gasteiger charge is -2.21. The van der Waals surface area contributed by atoms with E-state index in [4.69, 9.17) is 11.0 Å². The zero-order chi connectivity index (χ0) is 13.1. The summed E-state index contributed by atoms with van der Waals surface area (Å²) in [5.41, 5.74) is 7.04. The van der Waals surface area contributed by atoms with Crippen molar-refractivity contribution in [3.05, 3.63) is 46.5 Å². The highest BCUT2D eigenvalue weighted by Gasteiger charge is 2.20. The maximum absolute atomic E-state index is 8.76. The maximum atomic E-state index is 8.76. The number of aromatic nitrogens is 3. The Balaban J connectivity index is 2.43. The molecule has 2 aromatic rings. The van der Waals surface area contributed by atoms with Gasteiger partial charge in [0.15, 0.2) is 0 Å². The van der Waals surface area contributed by atoms with Gasteiger partial charge in [0.05, 0.1) is 6.04 Å². The standard InChI is InChI=1S/C12H12BrN5/c1-8(15)12(9-3-2-4-10(13)5-9)18-7-16-11(6-14)17-18/h2-5,7-8,12H,15H2,1H3. The van der Waals surface area contributed by atoms with Gasteiger partial charge < -0.3 is 5.73 Å². The van der Waals surface area contributed by atoms with E-state index in [1.807, 2.05) is 37.3 Å². The van der Waals surface area contributed by atoms with Gasteiger partial charge in [0, 0.05) is 10.5 Å². The Morgan fingerprint density at radius 2 is 2.28 bits per heavy atom. The monoisotopic (exact) mass is 305 g/mol. The fourth-order valence-electron chi connectivity index (χ4n) is 1.85. The molecule has 5 nitrogen and oxygen atoms in total. The van der Waals surface area contributed by atoms with Gasteiger partial charge in [-0.2, -0.15) is 5.26 Å². The predicted molar refractivity (Wildman–Crippen MR) is 70.7 cm³/mol. The van der Waals surface area contributed by atoms with E-state index >= 15 is 0 Å². The highest BCUT2D eigenvalue weighted by atomic mass is 79.9. The van der Waals surface area contributed by atoms with Gasteiger partial charge in [-0.25, -0.2) is 9.67 Å². The van der Waals surface area contributed by atoms with E-state index in [1.165, 1.54) is 6.33 Å². The van der Waals surface area contributed by atoms with Crippen molar-refractivity contribution in [3.63, 3.8) is 0 Å². The van der Waals surface area contributed by atoms with E-state index in [1.54, 1.807) is 4.68 Å². The van der Waals surface area contributed by atoms with Gasteiger partial charge in [0.1, 0.15) is 12.4 Å². The number of nitrogens with two attached hydrogens (primary N) is 1. The average molecular weight is 306 g/mol. The van der Waals surface area contributed by atoms with Crippen LogP contribution in [0.1, 0.15) is 24.4 Å². The molecule has 0 aliphatic heterocycles. The third kappa shape index (κ3) is 2.58. The van der Waals surface area contributed by atoms with Gasteiger partial charge in [0.2, 0.25) is 0 Å². The summed E-state index contributed by atoms with van der Waals surface area (Å²) >= 11 is 3.43. The Morgan fingerprint density at radius 3 is 2.83 bits per heavy atom. The van der Waals surface area contributed by atoms with E-state index in [-0.39, 0.29) is 17.9 Å². The lowest BCUT2D eigenvalue weighted by atomic mass is 10.0. The number of nitrogens with zero attached hydrogens (tertiary/aromatic N) is 4. The molecule has 1 aromatic heterocycles. The Labute approximate surface area is 113 Å². The quantitative estimate of drug-likeness (QED) is 0.938. The zero-order valence-corrected chi connectivity index (χ0v) is 11.4. The van der Waals surface area contributed by atoms with Crippen LogP contribution in [-0.4, -0.2) is 20.8 Å². The first-order valence-electron chi connectivity index (χ1n) is 5.44. The second-order valence-corrected chi connectivity index (χ2v) is 4.93. The number of rotatable bonds is 3. The minimum Gasteiger partial charge on any atom is -0.326 e. The first kappa shape index (κ1) is 12.7. The lowest BCUT2D eigenvalue weighted by Crippen LogP contribution is -2.30. The van der Waals surface area contributed by atoms with Crippen LogP contribution in [0.5, 0.6) is 0 Å². The molecule has 1 heterocycles. The summed E-state index contributed by atoms with van der Waals surface area (Å²) in [5.74, 6) is 0.149. The molecule has 0 saturated heterocycles. The third-order valence-corrected chi connectivity index (χ3v) is 3.07. The maximum Gasteiger partial charge on any atom is 0.252 e. The predicted octanol–water partition coefficient (Wildman–Crippen LogP) is 1.85. The van der Waals surface area contributed by atoms with E-state index < -0.39 is 0 Å². The molecule has 0 amide bonds. The number of hydrogen-bond acceptors (Lipinski definition) is 4. The zero-order valence-electron chi connectivity index (χ0n) is 9.79. The molecule has 6 heteroatoms. The van der Waals surface area contributed by atoms with Crippen molar-refractivity contribution in [3.8, 4) is 6.07 Å². The Kier molecular flexibility index (Phi) is 3.75.